The molecule has 2 aromatic rings. The molecule has 0 aliphatic rings. The van der Waals surface area contributed by atoms with Crippen molar-refractivity contribution in [2.75, 3.05) is 13.1 Å². The van der Waals surface area contributed by atoms with Crippen molar-refractivity contribution in [1.29, 1.82) is 0 Å². The van der Waals surface area contributed by atoms with Crippen molar-refractivity contribution >= 4 is 17.2 Å². The lowest BCUT2D eigenvalue weighted by molar-refractivity contribution is 0.0794. The Kier molecular flexibility index (Phi) is 5.16. The van der Waals surface area contributed by atoms with E-state index in [1.54, 1.807) is 11.0 Å². The summed E-state index contributed by atoms with van der Waals surface area (Å²) < 4.78 is 0. The summed E-state index contributed by atoms with van der Waals surface area (Å²) >= 11 is 1.51. The van der Waals surface area contributed by atoms with Gasteiger partial charge in [-0.15, -0.1) is 6.58 Å². The summed E-state index contributed by atoms with van der Waals surface area (Å²) in [6.07, 6.45) is 1.72. The molecule has 1 heterocycles. The van der Waals surface area contributed by atoms with Gasteiger partial charge in [-0.25, -0.2) is 0 Å². The number of thiophene rings is 1. The zero-order valence-corrected chi connectivity index (χ0v) is 11.9. The van der Waals surface area contributed by atoms with Gasteiger partial charge < -0.3 is 4.90 Å². The molecule has 1 aromatic carbocycles. The van der Waals surface area contributed by atoms with Gasteiger partial charge >= 0.3 is 0 Å². The average molecular weight is 281 g/mol. The lowest BCUT2D eigenvalue weighted by Crippen LogP contribution is -2.31. The smallest absolute Gasteiger partial charge is 0.255 e. The first kappa shape index (κ1) is 14.1. The highest BCUT2D eigenvalue weighted by Gasteiger charge is 2.13. The molecular weight excluding hydrogens is 266 g/mol. The Morgan fingerprint density at radius 3 is 2.75 bits per heavy atom. The van der Waals surface area contributed by atoms with E-state index in [9.17, 15) is 4.79 Å². The first-order valence-electron chi connectivity index (χ1n) is 6.27. The Balaban J connectivity index is 2.05. The normalized spacial score (nSPS) is 9.40. The highest BCUT2D eigenvalue weighted by Crippen LogP contribution is 2.09. The monoisotopic (exact) mass is 281 g/mol. The van der Waals surface area contributed by atoms with Crippen LogP contribution in [0.4, 0.5) is 0 Å². The van der Waals surface area contributed by atoms with Crippen LogP contribution in [0.1, 0.15) is 15.9 Å². The van der Waals surface area contributed by atoms with E-state index in [4.69, 9.17) is 0 Å². The molecule has 0 spiro atoms. The minimum atomic E-state index is -0.00601. The van der Waals surface area contributed by atoms with Crippen LogP contribution in [-0.2, 0) is 0 Å². The van der Waals surface area contributed by atoms with Gasteiger partial charge in [0.1, 0.15) is 0 Å². The lowest BCUT2D eigenvalue weighted by atomic mass is 10.2. The van der Waals surface area contributed by atoms with Crippen LogP contribution in [-0.4, -0.2) is 23.9 Å². The zero-order valence-electron chi connectivity index (χ0n) is 11.1. The van der Waals surface area contributed by atoms with Crippen LogP contribution in [0.2, 0.25) is 0 Å². The molecule has 0 unspecified atom stereocenters. The summed E-state index contributed by atoms with van der Waals surface area (Å²) in [4.78, 5) is 13.9. The summed E-state index contributed by atoms with van der Waals surface area (Å²) in [7, 11) is 0. The van der Waals surface area contributed by atoms with Crippen LogP contribution >= 0.6 is 11.3 Å². The van der Waals surface area contributed by atoms with Crippen molar-refractivity contribution in [2.45, 2.75) is 0 Å². The molecule has 3 heteroatoms. The van der Waals surface area contributed by atoms with Crippen molar-refractivity contribution in [2.24, 2.45) is 0 Å². The molecule has 0 atom stereocenters. The number of carbonyl (C=O) groups is 1. The first-order chi connectivity index (χ1) is 9.81. The van der Waals surface area contributed by atoms with E-state index >= 15 is 0 Å². The van der Waals surface area contributed by atoms with E-state index in [0.29, 0.717) is 18.7 Å². The average Bonchev–Trinajstić information content (AvgIpc) is 3.01. The maximum Gasteiger partial charge on any atom is 0.255 e. The number of hydrogen-bond acceptors (Lipinski definition) is 2. The summed E-state index contributed by atoms with van der Waals surface area (Å²) in [6.45, 7) is 4.59. The molecule has 1 aromatic heterocycles. The Morgan fingerprint density at radius 2 is 2.10 bits per heavy atom. The fourth-order valence-corrected chi connectivity index (χ4v) is 2.33. The molecule has 0 fully saturated rings. The Bertz CT molecular complexity index is 620. The van der Waals surface area contributed by atoms with E-state index < -0.39 is 0 Å². The van der Waals surface area contributed by atoms with Gasteiger partial charge in [-0.3, -0.25) is 4.79 Å². The topological polar surface area (TPSA) is 20.3 Å². The molecule has 2 rings (SSSR count). The maximum absolute atomic E-state index is 12.3. The van der Waals surface area contributed by atoms with Crippen molar-refractivity contribution in [3.05, 3.63) is 70.9 Å². The summed E-state index contributed by atoms with van der Waals surface area (Å²) in [5.41, 5.74) is 1.66. The predicted molar refractivity (Wildman–Crippen MR) is 83.7 cm³/mol. The summed E-state index contributed by atoms with van der Waals surface area (Å²) in [6, 6.07) is 11.6. The molecule has 1 amide bonds. The van der Waals surface area contributed by atoms with Gasteiger partial charge in [0, 0.05) is 17.5 Å². The van der Waals surface area contributed by atoms with E-state index in [-0.39, 0.29) is 5.91 Å². The quantitative estimate of drug-likeness (QED) is 0.621. The second-order valence-electron chi connectivity index (χ2n) is 4.15. The minimum absolute atomic E-state index is 0.00601. The molecular formula is C17H15NOS. The number of carbonyl (C=O) groups excluding carboxylic acids is 1. The number of amides is 1. The van der Waals surface area contributed by atoms with Crippen molar-refractivity contribution in [3.63, 3.8) is 0 Å². The molecule has 0 saturated heterocycles. The Hall–Kier alpha value is -2.31. The van der Waals surface area contributed by atoms with Crippen molar-refractivity contribution in [1.82, 2.24) is 4.90 Å². The van der Waals surface area contributed by atoms with E-state index in [1.165, 1.54) is 11.3 Å². The highest BCUT2D eigenvalue weighted by atomic mass is 32.1. The molecule has 2 nitrogen and oxygen atoms in total. The predicted octanol–water partition coefficient (Wildman–Crippen LogP) is 3.43. The molecule has 0 radical (unpaired) electrons. The SMILES string of the molecule is C=CCN(CC#Cc1ccccc1)C(=O)c1ccsc1. The standard InChI is InChI=1S/C17H15NOS/c1-2-11-18(17(19)16-10-13-20-14-16)12-6-9-15-7-4-3-5-8-15/h2-5,7-8,10,13-14H,1,11-12H2. The fraction of sp³-hybridized carbons (Fsp3) is 0.118. The minimum Gasteiger partial charge on any atom is -0.324 e. The molecule has 0 saturated carbocycles. The van der Waals surface area contributed by atoms with Gasteiger partial charge in [-0.1, -0.05) is 36.1 Å². The van der Waals surface area contributed by atoms with Gasteiger partial charge in [0.05, 0.1) is 12.1 Å². The Labute approximate surface area is 123 Å². The molecule has 100 valence electrons. The van der Waals surface area contributed by atoms with E-state index in [0.717, 1.165) is 5.56 Å². The zero-order chi connectivity index (χ0) is 14.2. The second-order valence-corrected chi connectivity index (χ2v) is 4.93. The summed E-state index contributed by atoms with van der Waals surface area (Å²) in [5, 5.41) is 3.75. The highest BCUT2D eigenvalue weighted by molar-refractivity contribution is 7.08. The third kappa shape index (κ3) is 3.84. The first-order valence-corrected chi connectivity index (χ1v) is 7.22. The van der Waals surface area contributed by atoms with Crippen LogP contribution < -0.4 is 0 Å². The van der Waals surface area contributed by atoms with Crippen molar-refractivity contribution < 1.29 is 4.79 Å². The van der Waals surface area contributed by atoms with Crippen molar-refractivity contribution in [3.8, 4) is 11.8 Å². The Morgan fingerprint density at radius 1 is 1.30 bits per heavy atom. The molecule has 20 heavy (non-hydrogen) atoms. The van der Waals surface area contributed by atoms with Gasteiger partial charge in [-0.2, -0.15) is 11.3 Å². The van der Waals surface area contributed by atoms with Gasteiger partial charge in [0.25, 0.3) is 5.91 Å². The van der Waals surface area contributed by atoms with Crippen LogP contribution in [0.5, 0.6) is 0 Å². The third-order valence-electron chi connectivity index (χ3n) is 2.68. The molecule has 0 aliphatic heterocycles. The van der Waals surface area contributed by atoms with Crippen LogP contribution in [0.25, 0.3) is 0 Å². The second kappa shape index (κ2) is 7.32. The number of benzene rings is 1. The van der Waals surface area contributed by atoms with Gasteiger partial charge in [0.2, 0.25) is 0 Å². The van der Waals surface area contributed by atoms with E-state index in [1.807, 2.05) is 47.2 Å². The molecule has 0 aliphatic carbocycles. The van der Waals surface area contributed by atoms with Crippen LogP contribution in [0, 0.1) is 11.8 Å². The van der Waals surface area contributed by atoms with E-state index in [2.05, 4.69) is 18.4 Å². The third-order valence-corrected chi connectivity index (χ3v) is 3.36. The van der Waals surface area contributed by atoms with Crippen LogP contribution in [0.3, 0.4) is 0 Å². The number of hydrogen-bond donors (Lipinski definition) is 0. The molecule has 0 bridgehead atoms. The summed E-state index contributed by atoms with van der Waals surface area (Å²) in [5.74, 6) is 6.09. The molecule has 0 N–H and O–H groups in total. The number of rotatable bonds is 4. The maximum atomic E-state index is 12.3. The van der Waals surface area contributed by atoms with Gasteiger partial charge in [-0.05, 0) is 23.6 Å². The van der Waals surface area contributed by atoms with Crippen LogP contribution in [0.15, 0.2) is 59.8 Å². The largest absolute Gasteiger partial charge is 0.324 e. The fourth-order valence-electron chi connectivity index (χ4n) is 1.70. The van der Waals surface area contributed by atoms with Gasteiger partial charge in [0.15, 0.2) is 0 Å². The lowest BCUT2D eigenvalue weighted by Gasteiger charge is -2.17. The number of nitrogens with zero attached hydrogens (tertiary/aromatic N) is 1.